The van der Waals surface area contributed by atoms with Crippen LogP contribution in [-0.2, 0) is 12.7 Å². The van der Waals surface area contributed by atoms with Crippen LogP contribution in [-0.4, -0.2) is 15.8 Å². The van der Waals surface area contributed by atoms with Crippen LogP contribution in [0.25, 0.3) is 0 Å². The van der Waals surface area contributed by atoms with Gasteiger partial charge in [-0.2, -0.15) is 13.2 Å². The maximum absolute atomic E-state index is 12.7. The molecule has 1 heterocycles. The van der Waals surface area contributed by atoms with Gasteiger partial charge in [0.15, 0.2) is 10.9 Å². The molecule has 0 radical (unpaired) electrons. The van der Waals surface area contributed by atoms with Gasteiger partial charge in [0.2, 0.25) is 0 Å². The van der Waals surface area contributed by atoms with E-state index in [4.69, 9.17) is 23.2 Å². The molecule has 0 spiro atoms. The molecule has 0 N–H and O–H groups in total. The van der Waals surface area contributed by atoms with Crippen molar-refractivity contribution in [2.75, 3.05) is 6.26 Å². The lowest BCUT2D eigenvalue weighted by atomic mass is 10.2. The highest BCUT2D eigenvalue weighted by Gasteiger charge is 2.34. The Morgan fingerprint density at radius 3 is 2.59 bits per heavy atom. The Bertz CT molecular complexity index is 762. The Kier molecular flexibility index (Phi) is 5.09. The Balaban J connectivity index is 2.52. The van der Waals surface area contributed by atoms with Crippen LogP contribution in [0.5, 0.6) is 0 Å². The van der Waals surface area contributed by atoms with Crippen molar-refractivity contribution in [1.29, 1.82) is 0 Å². The van der Waals surface area contributed by atoms with Gasteiger partial charge >= 0.3 is 6.18 Å². The van der Waals surface area contributed by atoms with E-state index in [1.165, 1.54) is 6.26 Å². The first-order valence-corrected chi connectivity index (χ1v) is 7.88. The van der Waals surface area contributed by atoms with Crippen molar-refractivity contribution in [3.63, 3.8) is 0 Å². The summed E-state index contributed by atoms with van der Waals surface area (Å²) in [6.07, 6.45) is -3.13. The summed E-state index contributed by atoms with van der Waals surface area (Å²) in [5.41, 5.74) is -1.49. The largest absolute Gasteiger partial charge is 0.433 e. The molecule has 0 amide bonds. The van der Waals surface area contributed by atoms with Crippen LogP contribution in [0.2, 0.25) is 10.0 Å². The lowest BCUT2D eigenvalue weighted by Gasteiger charge is -2.14. The summed E-state index contributed by atoms with van der Waals surface area (Å²) in [5, 5.41) is 0.511. The van der Waals surface area contributed by atoms with E-state index in [9.17, 15) is 18.0 Å². The molecular weight excluding hydrogens is 360 g/mol. The highest BCUT2D eigenvalue weighted by atomic mass is 35.5. The van der Waals surface area contributed by atoms with E-state index in [0.717, 1.165) is 16.3 Å². The second-order valence-electron chi connectivity index (χ2n) is 4.26. The van der Waals surface area contributed by atoms with Gasteiger partial charge in [0.25, 0.3) is 5.56 Å². The van der Waals surface area contributed by atoms with E-state index in [-0.39, 0.29) is 16.7 Å². The number of nitrogens with zero attached hydrogens (tertiary/aromatic N) is 2. The van der Waals surface area contributed by atoms with Crippen LogP contribution < -0.4 is 5.56 Å². The Morgan fingerprint density at radius 2 is 2.00 bits per heavy atom. The molecule has 1 aromatic heterocycles. The topological polar surface area (TPSA) is 34.9 Å². The van der Waals surface area contributed by atoms with Gasteiger partial charge in [-0.05, 0) is 17.9 Å². The van der Waals surface area contributed by atoms with Crippen molar-refractivity contribution in [3.05, 3.63) is 55.9 Å². The highest BCUT2D eigenvalue weighted by molar-refractivity contribution is 7.98. The molecule has 1 aromatic carbocycles. The molecule has 2 aromatic rings. The van der Waals surface area contributed by atoms with Crippen molar-refractivity contribution in [3.8, 4) is 0 Å². The minimum atomic E-state index is -4.67. The normalized spacial score (nSPS) is 11.7. The van der Waals surface area contributed by atoms with Gasteiger partial charge in [0.05, 0.1) is 16.6 Å². The van der Waals surface area contributed by atoms with Crippen LogP contribution in [0.4, 0.5) is 13.2 Å². The van der Waals surface area contributed by atoms with Gasteiger partial charge < -0.3 is 0 Å². The van der Waals surface area contributed by atoms with Crippen LogP contribution in [0, 0.1) is 0 Å². The first-order chi connectivity index (χ1) is 10.2. The van der Waals surface area contributed by atoms with Crippen molar-refractivity contribution in [2.24, 2.45) is 0 Å². The maximum atomic E-state index is 12.7. The molecule has 0 fully saturated rings. The fraction of sp³-hybridized carbons (Fsp3) is 0.231. The molecule has 0 aliphatic carbocycles. The highest BCUT2D eigenvalue weighted by Crippen LogP contribution is 2.29. The van der Waals surface area contributed by atoms with Gasteiger partial charge in [-0.25, -0.2) is 4.98 Å². The molecule has 118 valence electrons. The van der Waals surface area contributed by atoms with E-state index in [2.05, 4.69) is 4.98 Å². The molecule has 0 saturated carbocycles. The molecule has 0 atom stereocenters. The molecule has 3 nitrogen and oxygen atoms in total. The Morgan fingerprint density at radius 1 is 1.32 bits per heavy atom. The average Bonchev–Trinajstić information content (AvgIpc) is 2.44. The molecular formula is C13H9Cl2F3N2OS. The first-order valence-electron chi connectivity index (χ1n) is 5.90. The number of aromatic nitrogens is 2. The lowest BCUT2D eigenvalue weighted by Crippen LogP contribution is -2.26. The summed E-state index contributed by atoms with van der Waals surface area (Å²) in [6.45, 7) is -0.0143. The summed E-state index contributed by atoms with van der Waals surface area (Å²) in [4.78, 5) is 15.5. The second kappa shape index (κ2) is 6.52. The lowest BCUT2D eigenvalue weighted by molar-refractivity contribution is -0.141. The zero-order valence-corrected chi connectivity index (χ0v) is 13.4. The summed E-state index contributed by atoms with van der Waals surface area (Å²) < 4.78 is 39.2. The number of halogens is 5. The van der Waals surface area contributed by atoms with Crippen LogP contribution >= 0.6 is 35.0 Å². The maximum Gasteiger partial charge on any atom is 0.433 e. The minimum Gasteiger partial charge on any atom is -0.283 e. The predicted molar refractivity (Wildman–Crippen MR) is 80.8 cm³/mol. The Hall–Kier alpha value is -1.18. The quantitative estimate of drug-likeness (QED) is 0.597. The molecule has 22 heavy (non-hydrogen) atoms. The second-order valence-corrected chi connectivity index (χ2v) is 5.82. The smallest absolute Gasteiger partial charge is 0.283 e. The number of rotatable bonds is 3. The molecule has 0 aliphatic rings. The van der Waals surface area contributed by atoms with Gasteiger partial charge in [-0.1, -0.05) is 47.1 Å². The number of alkyl halides is 3. The average molecular weight is 369 g/mol. The van der Waals surface area contributed by atoms with Crippen molar-refractivity contribution in [2.45, 2.75) is 17.9 Å². The molecule has 9 heteroatoms. The number of benzene rings is 1. The monoisotopic (exact) mass is 368 g/mol. The zero-order valence-electron chi connectivity index (χ0n) is 11.1. The van der Waals surface area contributed by atoms with E-state index >= 15 is 0 Å². The molecule has 0 bridgehead atoms. The third-order valence-corrected chi connectivity index (χ3v) is 4.34. The standard InChI is InChI=1S/C13H9Cl2F3N2OS/c1-22-12-19-9(13(16,17)18)5-10(21)20(12)6-7-3-2-4-8(14)11(7)15/h2-5H,6H2,1H3. The van der Waals surface area contributed by atoms with Crippen LogP contribution in [0.1, 0.15) is 11.3 Å². The van der Waals surface area contributed by atoms with Crippen molar-refractivity contribution in [1.82, 2.24) is 9.55 Å². The van der Waals surface area contributed by atoms with Crippen LogP contribution in [0.15, 0.2) is 34.2 Å². The van der Waals surface area contributed by atoms with Gasteiger partial charge in [-0.3, -0.25) is 9.36 Å². The van der Waals surface area contributed by atoms with Crippen LogP contribution in [0.3, 0.4) is 0 Å². The van der Waals surface area contributed by atoms with Gasteiger partial charge in [0, 0.05) is 6.07 Å². The fourth-order valence-electron chi connectivity index (χ4n) is 1.77. The minimum absolute atomic E-state index is 0.0143. The number of hydrogen-bond acceptors (Lipinski definition) is 3. The summed E-state index contributed by atoms with van der Waals surface area (Å²) in [5.74, 6) is 0. The number of thioether (sulfide) groups is 1. The molecule has 0 unspecified atom stereocenters. The summed E-state index contributed by atoms with van der Waals surface area (Å²) in [7, 11) is 0. The SMILES string of the molecule is CSc1nc(C(F)(F)F)cc(=O)n1Cc1cccc(Cl)c1Cl. The molecule has 0 saturated heterocycles. The summed E-state index contributed by atoms with van der Waals surface area (Å²) >= 11 is 12.9. The van der Waals surface area contributed by atoms with E-state index < -0.39 is 17.4 Å². The van der Waals surface area contributed by atoms with Gasteiger partial charge in [0.1, 0.15) is 0 Å². The summed E-state index contributed by atoms with van der Waals surface area (Å²) in [6, 6.07) is 5.34. The van der Waals surface area contributed by atoms with E-state index in [0.29, 0.717) is 16.7 Å². The Labute approximate surface area is 138 Å². The van der Waals surface area contributed by atoms with Gasteiger partial charge in [-0.15, -0.1) is 0 Å². The van der Waals surface area contributed by atoms with Crippen molar-refractivity contribution >= 4 is 35.0 Å². The first kappa shape index (κ1) is 17.2. The fourth-order valence-corrected chi connectivity index (χ4v) is 2.72. The van der Waals surface area contributed by atoms with E-state index in [1.54, 1.807) is 18.2 Å². The molecule has 0 aliphatic heterocycles. The third-order valence-electron chi connectivity index (χ3n) is 2.81. The van der Waals surface area contributed by atoms with Crippen molar-refractivity contribution < 1.29 is 13.2 Å². The van der Waals surface area contributed by atoms with E-state index in [1.807, 2.05) is 0 Å². The third kappa shape index (κ3) is 3.59. The molecule has 2 rings (SSSR count). The zero-order chi connectivity index (χ0) is 16.5. The predicted octanol–water partition coefficient (Wildman–Crippen LogP) is 4.34. The number of hydrogen-bond donors (Lipinski definition) is 0.